The van der Waals surface area contributed by atoms with Crippen molar-refractivity contribution in [1.29, 1.82) is 0 Å². The minimum absolute atomic E-state index is 0. The number of hydrogen-bond acceptors (Lipinski definition) is 1. The van der Waals surface area contributed by atoms with Crippen molar-refractivity contribution in [3.05, 3.63) is 0 Å². The molecule has 0 saturated carbocycles. The number of hydrogen-bond donors (Lipinski definition) is 1. The molecule has 0 aliphatic carbocycles. The van der Waals surface area contributed by atoms with E-state index >= 15 is 0 Å². The maximum atomic E-state index is 10.6. The first-order valence-electron chi connectivity index (χ1n) is 19.6. The maximum absolute atomic E-state index is 10.6. The van der Waals surface area contributed by atoms with Crippen LogP contribution in [0.25, 0.3) is 0 Å². The van der Waals surface area contributed by atoms with Gasteiger partial charge in [0.2, 0.25) is 0 Å². The summed E-state index contributed by atoms with van der Waals surface area (Å²) in [4.78, 5) is 0. The highest BCUT2D eigenvalue weighted by atomic mass is 16.3. The molecular weight excluding hydrogens is 520 g/mol. The molecule has 0 aromatic rings. The van der Waals surface area contributed by atoms with Crippen molar-refractivity contribution in [3.63, 3.8) is 0 Å². The second kappa shape index (κ2) is 29.4. The third-order valence-corrected chi connectivity index (χ3v) is 10.5. The van der Waals surface area contributed by atoms with Gasteiger partial charge in [-0.3, -0.25) is 0 Å². The van der Waals surface area contributed by atoms with E-state index in [0.29, 0.717) is 0 Å². The summed E-state index contributed by atoms with van der Waals surface area (Å²) in [5, 5.41) is 10.6. The summed E-state index contributed by atoms with van der Waals surface area (Å²) in [5.74, 6) is 6.81. The van der Waals surface area contributed by atoms with Gasteiger partial charge in [-0.05, 0) is 73.0 Å². The SMILES string of the molecule is C.CC(C)CCCC(C)CCCC(C)CCCC(C)CCC(O)CCC(C)CCCC(C)CCCC(C)CCCC(C)C. The van der Waals surface area contributed by atoms with Crippen molar-refractivity contribution in [2.45, 2.75) is 224 Å². The summed E-state index contributed by atoms with van der Waals surface area (Å²) in [5.41, 5.74) is 0. The molecule has 6 unspecified atom stereocenters. The van der Waals surface area contributed by atoms with Crippen LogP contribution in [0.4, 0.5) is 0 Å². The van der Waals surface area contributed by atoms with Crippen LogP contribution in [-0.4, -0.2) is 11.2 Å². The van der Waals surface area contributed by atoms with Crippen LogP contribution in [0, 0.1) is 47.3 Å². The Labute approximate surface area is 276 Å². The van der Waals surface area contributed by atoms with E-state index < -0.39 is 0 Å². The van der Waals surface area contributed by atoms with Gasteiger partial charge in [-0.1, -0.05) is 192 Å². The lowest BCUT2D eigenvalue weighted by atomic mass is 9.89. The molecule has 0 radical (unpaired) electrons. The fourth-order valence-corrected chi connectivity index (χ4v) is 6.97. The molecule has 0 amide bonds. The molecule has 43 heavy (non-hydrogen) atoms. The fraction of sp³-hybridized carbons (Fsp3) is 1.00. The van der Waals surface area contributed by atoms with Gasteiger partial charge in [-0.2, -0.15) is 0 Å². The highest BCUT2D eigenvalue weighted by Gasteiger charge is 2.13. The van der Waals surface area contributed by atoms with Gasteiger partial charge in [0.15, 0.2) is 0 Å². The highest BCUT2D eigenvalue weighted by molar-refractivity contribution is 4.66. The average molecular weight is 609 g/mol. The van der Waals surface area contributed by atoms with Gasteiger partial charge in [-0.25, -0.2) is 0 Å². The van der Waals surface area contributed by atoms with Gasteiger partial charge < -0.3 is 5.11 Å². The zero-order chi connectivity index (χ0) is 31.8. The molecule has 0 aliphatic rings. The second-order valence-electron chi connectivity index (χ2n) is 16.8. The van der Waals surface area contributed by atoms with E-state index in [9.17, 15) is 5.11 Å². The molecule has 0 fully saturated rings. The predicted octanol–water partition coefficient (Wildman–Crippen LogP) is 14.7. The van der Waals surface area contributed by atoms with Crippen LogP contribution in [-0.2, 0) is 0 Å². The smallest absolute Gasteiger partial charge is 0.0540 e. The normalized spacial score (nSPS) is 17.0. The monoisotopic (exact) mass is 609 g/mol. The Morgan fingerprint density at radius 2 is 0.465 bits per heavy atom. The van der Waals surface area contributed by atoms with E-state index in [-0.39, 0.29) is 13.5 Å². The highest BCUT2D eigenvalue weighted by Crippen LogP contribution is 2.26. The zero-order valence-electron chi connectivity index (χ0n) is 31.2. The van der Waals surface area contributed by atoms with E-state index in [2.05, 4.69) is 69.2 Å². The van der Waals surface area contributed by atoms with Gasteiger partial charge >= 0.3 is 0 Å². The van der Waals surface area contributed by atoms with Crippen LogP contribution in [0.2, 0.25) is 0 Å². The first kappa shape index (κ1) is 45.1. The summed E-state index contributed by atoms with van der Waals surface area (Å²) in [7, 11) is 0. The molecule has 0 spiro atoms. The number of aliphatic hydroxyl groups excluding tert-OH is 1. The van der Waals surface area contributed by atoms with Crippen molar-refractivity contribution < 1.29 is 5.11 Å². The van der Waals surface area contributed by atoms with E-state index in [0.717, 1.165) is 60.2 Å². The summed E-state index contributed by atoms with van der Waals surface area (Å²) in [6, 6.07) is 0. The average Bonchev–Trinajstić information content (AvgIpc) is 2.90. The topological polar surface area (TPSA) is 20.2 Å². The lowest BCUT2D eigenvalue weighted by molar-refractivity contribution is 0.136. The van der Waals surface area contributed by atoms with Gasteiger partial charge in [0, 0.05) is 0 Å². The molecule has 6 atom stereocenters. The molecule has 0 bridgehead atoms. The summed E-state index contributed by atoms with van der Waals surface area (Å²) >= 11 is 0. The van der Waals surface area contributed by atoms with Crippen molar-refractivity contribution in [2.75, 3.05) is 0 Å². The van der Waals surface area contributed by atoms with Gasteiger partial charge in [0.1, 0.15) is 0 Å². The lowest BCUT2D eigenvalue weighted by Crippen LogP contribution is -2.11. The molecular formula is C42H88O. The molecule has 0 aliphatic heterocycles. The Bertz CT molecular complexity index is 505. The lowest BCUT2D eigenvalue weighted by Gasteiger charge is -2.19. The van der Waals surface area contributed by atoms with Crippen LogP contribution in [0.1, 0.15) is 218 Å². The van der Waals surface area contributed by atoms with Crippen LogP contribution in [0.3, 0.4) is 0 Å². The molecule has 1 N–H and O–H groups in total. The van der Waals surface area contributed by atoms with E-state index in [1.165, 1.54) is 128 Å². The summed E-state index contributed by atoms with van der Waals surface area (Å²) in [6.07, 6.45) is 29.5. The standard InChI is InChI=1S/C41H84O.CH4/c1-33(2)17-11-19-35(5)21-13-23-37(7)25-15-27-39(9)29-31-41(42)32-30-40(10)28-16-26-38(8)24-14-22-36(6)20-12-18-34(3)4;/h33-42H,11-32H2,1-10H3;1H4. The minimum Gasteiger partial charge on any atom is -0.393 e. The Kier molecular flexibility index (Phi) is 30.8. The van der Waals surface area contributed by atoms with Crippen molar-refractivity contribution >= 4 is 0 Å². The molecule has 1 heteroatoms. The largest absolute Gasteiger partial charge is 0.393 e. The van der Waals surface area contributed by atoms with Gasteiger partial charge in [0.25, 0.3) is 0 Å². The fourth-order valence-electron chi connectivity index (χ4n) is 6.97. The summed E-state index contributed by atoms with van der Waals surface area (Å²) in [6.45, 7) is 24.1. The van der Waals surface area contributed by atoms with E-state index in [4.69, 9.17) is 0 Å². The molecule has 0 saturated heterocycles. The van der Waals surface area contributed by atoms with Crippen LogP contribution < -0.4 is 0 Å². The zero-order valence-corrected chi connectivity index (χ0v) is 31.2. The third-order valence-electron chi connectivity index (χ3n) is 10.5. The van der Waals surface area contributed by atoms with E-state index in [1.807, 2.05) is 0 Å². The molecule has 0 aromatic heterocycles. The molecule has 1 nitrogen and oxygen atoms in total. The minimum atomic E-state index is -0.0854. The maximum Gasteiger partial charge on any atom is 0.0540 e. The van der Waals surface area contributed by atoms with Crippen molar-refractivity contribution in [3.8, 4) is 0 Å². The third kappa shape index (κ3) is 31.7. The Morgan fingerprint density at radius 1 is 0.279 bits per heavy atom. The number of aliphatic hydroxyl groups is 1. The van der Waals surface area contributed by atoms with Gasteiger partial charge in [0.05, 0.1) is 6.10 Å². The molecule has 0 heterocycles. The molecule has 262 valence electrons. The van der Waals surface area contributed by atoms with Crippen LogP contribution in [0.15, 0.2) is 0 Å². The van der Waals surface area contributed by atoms with Gasteiger partial charge in [-0.15, -0.1) is 0 Å². The molecule has 0 aromatic carbocycles. The first-order chi connectivity index (χ1) is 19.9. The number of rotatable bonds is 30. The first-order valence-corrected chi connectivity index (χ1v) is 19.6. The quantitative estimate of drug-likeness (QED) is 0.0860. The van der Waals surface area contributed by atoms with Crippen LogP contribution >= 0.6 is 0 Å². The second-order valence-corrected chi connectivity index (χ2v) is 16.8. The Morgan fingerprint density at radius 3 is 0.674 bits per heavy atom. The molecule has 0 rings (SSSR count). The van der Waals surface area contributed by atoms with E-state index in [1.54, 1.807) is 0 Å². The van der Waals surface area contributed by atoms with Crippen LogP contribution in [0.5, 0.6) is 0 Å². The van der Waals surface area contributed by atoms with Crippen molar-refractivity contribution in [2.24, 2.45) is 47.3 Å². The summed E-state index contributed by atoms with van der Waals surface area (Å²) < 4.78 is 0. The Balaban J connectivity index is 0. The van der Waals surface area contributed by atoms with Crippen molar-refractivity contribution in [1.82, 2.24) is 0 Å². The Hall–Kier alpha value is -0.0400. The predicted molar refractivity (Wildman–Crippen MR) is 199 cm³/mol.